The number of carboxylic acid groups (broad SMARTS) is 1. The van der Waals surface area contributed by atoms with E-state index >= 15 is 0 Å². The van der Waals surface area contributed by atoms with Crippen molar-refractivity contribution in [2.24, 2.45) is 5.41 Å². The Labute approximate surface area is 147 Å². The van der Waals surface area contributed by atoms with Crippen LogP contribution in [-0.2, 0) is 20.9 Å². The summed E-state index contributed by atoms with van der Waals surface area (Å²) in [7, 11) is 1.28. The number of carbonyl (C=O) groups is 2. The minimum atomic E-state index is -1.01. The topological polar surface area (TPSA) is 66.8 Å². The SMILES string of the molecule is COC(=O)C1(CC(=O)O)CCN(Cc2ccc(C(C)C)cc2F)CC1. The lowest BCUT2D eigenvalue weighted by Crippen LogP contribution is -2.45. The van der Waals surface area contributed by atoms with Gasteiger partial charge in [0.1, 0.15) is 5.82 Å². The molecule has 0 unspecified atom stereocenters. The zero-order chi connectivity index (χ0) is 18.6. The standard InChI is InChI=1S/C19H26FNO4/c1-13(2)14-4-5-15(16(20)10-14)12-21-8-6-19(7-9-21,11-17(22)23)18(24)25-3/h4-5,10,13H,6-9,11-12H2,1-3H3,(H,22,23). The lowest BCUT2D eigenvalue weighted by Gasteiger charge is -2.38. The maximum atomic E-state index is 14.3. The Balaban J connectivity index is 2.04. The number of benzene rings is 1. The van der Waals surface area contributed by atoms with Crippen molar-refractivity contribution in [3.05, 3.63) is 35.1 Å². The Morgan fingerprint density at radius 1 is 1.32 bits per heavy atom. The van der Waals surface area contributed by atoms with E-state index in [9.17, 15) is 14.0 Å². The number of carboxylic acids is 1. The van der Waals surface area contributed by atoms with Gasteiger partial charge in [-0.3, -0.25) is 14.5 Å². The van der Waals surface area contributed by atoms with Crippen LogP contribution in [0.25, 0.3) is 0 Å². The summed E-state index contributed by atoms with van der Waals surface area (Å²) in [5.41, 5.74) is 0.608. The molecular weight excluding hydrogens is 325 g/mol. The Bertz CT molecular complexity index is 636. The van der Waals surface area contributed by atoms with Crippen molar-refractivity contribution < 1.29 is 23.8 Å². The highest BCUT2D eigenvalue weighted by molar-refractivity contribution is 5.82. The molecule has 6 heteroatoms. The molecule has 0 aromatic heterocycles. The maximum Gasteiger partial charge on any atom is 0.312 e. The van der Waals surface area contributed by atoms with E-state index < -0.39 is 17.4 Å². The molecule has 1 aromatic carbocycles. The van der Waals surface area contributed by atoms with Crippen LogP contribution in [0, 0.1) is 11.2 Å². The van der Waals surface area contributed by atoms with Crippen LogP contribution in [0.2, 0.25) is 0 Å². The van der Waals surface area contributed by atoms with Crippen molar-refractivity contribution in [2.45, 2.75) is 45.6 Å². The normalized spacial score (nSPS) is 17.5. The van der Waals surface area contributed by atoms with Crippen molar-refractivity contribution in [2.75, 3.05) is 20.2 Å². The van der Waals surface area contributed by atoms with E-state index in [1.165, 1.54) is 7.11 Å². The van der Waals surface area contributed by atoms with Crippen LogP contribution in [0.15, 0.2) is 18.2 Å². The first kappa shape index (κ1) is 19.4. The van der Waals surface area contributed by atoms with Crippen LogP contribution in [0.1, 0.15) is 50.2 Å². The Kier molecular flexibility index (Phi) is 6.16. The van der Waals surface area contributed by atoms with Gasteiger partial charge in [-0.1, -0.05) is 26.0 Å². The van der Waals surface area contributed by atoms with E-state index in [2.05, 4.69) is 4.90 Å². The average molecular weight is 351 g/mol. The Morgan fingerprint density at radius 3 is 2.44 bits per heavy atom. The maximum absolute atomic E-state index is 14.3. The van der Waals surface area contributed by atoms with Gasteiger partial charge in [0.05, 0.1) is 18.9 Å². The molecular formula is C19H26FNO4. The number of ether oxygens (including phenoxy) is 1. The van der Waals surface area contributed by atoms with Gasteiger partial charge in [0.15, 0.2) is 0 Å². The zero-order valence-corrected chi connectivity index (χ0v) is 15.0. The van der Waals surface area contributed by atoms with Gasteiger partial charge in [-0.15, -0.1) is 0 Å². The number of esters is 1. The second-order valence-corrected chi connectivity index (χ2v) is 7.12. The van der Waals surface area contributed by atoms with E-state index in [0.717, 1.165) is 5.56 Å². The third-order valence-electron chi connectivity index (χ3n) is 5.06. The predicted octanol–water partition coefficient (Wildman–Crippen LogP) is 3.18. The average Bonchev–Trinajstić information content (AvgIpc) is 2.57. The molecule has 2 rings (SSSR count). The molecule has 5 nitrogen and oxygen atoms in total. The van der Waals surface area contributed by atoms with Crippen molar-refractivity contribution in [1.29, 1.82) is 0 Å². The molecule has 1 aliphatic rings. The number of hydrogen-bond acceptors (Lipinski definition) is 4. The van der Waals surface area contributed by atoms with Crippen molar-refractivity contribution in [3.8, 4) is 0 Å². The number of methoxy groups -OCH3 is 1. The third kappa shape index (κ3) is 4.57. The van der Waals surface area contributed by atoms with Crippen LogP contribution in [0.3, 0.4) is 0 Å². The van der Waals surface area contributed by atoms with E-state index in [4.69, 9.17) is 9.84 Å². The summed E-state index contributed by atoms with van der Waals surface area (Å²) in [5.74, 6) is -1.42. The number of aliphatic carboxylic acids is 1. The second-order valence-electron chi connectivity index (χ2n) is 7.12. The first-order valence-corrected chi connectivity index (χ1v) is 8.58. The molecule has 0 atom stereocenters. The lowest BCUT2D eigenvalue weighted by molar-refractivity contribution is -0.162. The molecule has 0 spiro atoms. The van der Waals surface area contributed by atoms with Crippen LogP contribution in [0.5, 0.6) is 0 Å². The summed E-state index contributed by atoms with van der Waals surface area (Å²) in [6.07, 6.45) is 0.570. The fraction of sp³-hybridized carbons (Fsp3) is 0.579. The van der Waals surface area contributed by atoms with E-state index in [0.29, 0.717) is 38.0 Å². The minimum absolute atomic E-state index is 0.221. The number of carbonyl (C=O) groups excluding carboxylic acids is 1. The summed E-state index contributed by atoms with van der Waals surface area (Å²) >= 11 is 0. The molecule has 0 bridgehead atoms. The van der Waals surface area contributed by atoms with Gasteiger partial charge in [0.25, 0.3) is 0 Å². The number of nitrogens with zero attached hydrogens (tertiary/aromatic N) is 1. The summed E-state index contributed by atoms with van der Waals surface area (Å²) in [4.78, 5) is 25.3. The van der Waals surface area contributed by atoms with Crippen LogP contribution < -0.4 is 0 Å². The zero-order valence-electron chi connectivity index (χ0n) is 15.0. The molecule has 1 aromatic rings. The molecule has 0 amide bonds. The molecule has 0 radical (unpaired) electrons. The molecule has 1 N–H and O–H groups in total. The molecule has 25 heavy (non-hydrogen) atoms. The van der Waals surface area contributed by atoms with Gasteiger partial charge in [0, 0.05) is 12.1 Å². The number of halogens is 1. The fourth-order valence-corrected chi connectivity index (χ4v) is 3.39. The monoisotopic (exact) mass is 351 g/mol. The van der Waals surface area contributed by atoms with Gasteiger partial charge >= 0.3 is 11.9 Å². The smallest absolute Gasteiger partial charge is 0.312 e. The molecule has 1 fully saturated rings. The highest BCUT2D eigenvalue weighted by Crippen LogP contribution is 2.37. The molecule has 1 saturated heterocycles. The van der Waals surface area contributed by atoms with Gasteiger partial charge in [-0.05, 0) is 43.5 Å². The van der Waals surface area contributed by atoms with E-state index in [1.54, 1.807) is 6.07 Å². The number of piperidine rings is 1. The summed E-state index contributed by atoms with van der Waals surface area (Å²) < 4.78 is 19.1. The van der Waals surface area contributed by atoms with Crippen molar-refractivity contribution in [3.63, 3.8) is 0 Å². The highest BCUT2D eigenvalue weighted by atomic mass is 19.1. The van der Waals surface area contributed by atoms with E-state index in [1.807, 2.05) is 26.0 Å². The van der Waals surface area contributed by atoms with Crippen molar-refractivity contribution >= 4 is 11.9 Å². The summed E-state index contributed by atoms with van der Waals surface area (Å²) in [5, 5.41) is 9.11. The number of hydrogen-bond donors (Lipinski definition) is 1. The number of rotatable bonds is 6. The van der Waals surface area contributed by atoms with E-state index in [-0.39, 0.29) is 18.2 Å². The number of likely N-dealkylation sites (tertiary alicyclic amines) is 1. The summed E-state index contributed by atoms with van der Waals surface area (Å²) in [6, 6.07) is 5.33. The molecule has 1 heterocycles. The van der Waals surface area contributed by atoms with Gasteiger partial charge < -0.3 is 9.84 Å². The Morgan fingerprint density at radius 2 is 1.96 bits per heavy atom. The van der Waals surface area contributed by atoms with Gasteiger partial charge in [0.2, 0.25) is 0 Å². The molecule has 0 saturated carbocycles. The predicted molar refractivity (Wildman–Crippen MR) is 91.7 cm³/mol. The quantitative estimate of drug-likeness (QED) is 0.798. The van der Waals surface area contributed by atoms with Crippen molar-refractivity contribution in [1.82, 2.24) is 4.90 Å². The van der Waals surface area contributed by atoms with Crippen LogP contribution in [-0.4, -0.2) is 42.1 Å². The second kappa shape index (κ2) is 7.95. The third-order valence-corrected chi connectivity index (χ3v) is 5.06. The lowest BCUT2D eigenvalue weighted by atomic mass is 9.75. The molecule has 1 aliphatic heterocycles. The molecule has 0 aliphatic carbocycles. The van der Waals surface area contributed by atoms with Gasteiger partial charge in [-0.2, -0.15) is 0 Å². The minimum Gasteiger partial charge on any atom is -0.481 e. The van der Waals surface area contributed by atoms with Crippen LogP contribution in [0.4, 0.5) is 4.39 Å². The molecule has 138 valence electrons. The first-order chi connectivity index (χ1) is 11.8. The summed E-state index contributed by atoms with van der Waals surface area (Å²) in [6.45, 7) is 5.57. The first-order valence-electron chi connectivity index (χ1n) is 8.58. The Hall–Kier alpha value is -1.95. The van der Waals surface area contributed by atoms with Crippen LogP contribution >= 0.6 is 0 Å². The largest absolute Gasteiger partial charge is 0.481 e. The van der Waals surface area contributed by atoms with Gasteiger partial charge in [-0.25, -0.2) is 4.39 Å². The highest BCUT2D eigenvalue weighted by Gasteiger charge is 2.44. The fourth-order valence-electron chi connectivity index (χ4n) is 3.39.